The molecule has 2 unspecified atom stereocenters. The molecule has 108 valence electrons. The highest BCUT2D eigenvalue weighted by atomic mass is 35.5. The van der Waals surface area contributed by atoms with Crippen LogP contribution < -0.4 is 11.1 Å². The largest absolute Gasteiger partial charge is 0.378 e. The third-order valence-corrected chi connectivity index (χ3v) is 3.34. The first kappa shape index (κ1) is 17.7. The summed E-state index contributed by atoms with van der Waals surface area (Å²) in [5.41, 5.74) is 5.73. The van der Waals surface area contributed by atoms with E-state index < -0.39 is 0 Å². The first-order valence-electron chi connectivity index (χ1n) is 6.74. The first-order valence-corrected chi connectivity index (χ1v) is 6.74. The molecule has 0 aliphatic heterocycles. The van der Waals surface area contributed by atoms with Crippen LogP contribution in [0.4, 0.5) is 0 Å². The molecule has 4 nitrogen and oxygen atoms in total. The molecule has 0 aromatic rings. The molecule has 2 atom stereocenters. The molecule has 1 aliphatic rings. The lowest BCUT2D eigenvalue weighted by Crippen LogP contribution is -2.44. The number of amides is 1. The Bertz CT molecular complexity index is 237. The van der Waals surface area contributed by atoms with Crippen LogP contribution in [0.3, 0.4) is 0 Å². The van der Waals surface area contributed by atoms with Gasteiger partial charge in [-0.2, -0.15) is 0 Å². The minimum absolute atomic E-state index is 0. The van der Waals surface area contributed by atoms with Crippen LogP contribution in [0.5, 0.6) is 0 Å². The van der Waals surface area contributed by atoms with Crippen LogP contribution in [0.2, 0.25) is 0 Å². The van der Waals surface area contributed by atoms with Gasteiger partial charge in [0, 0.05) is 12.5 Å². The first-order chi connectivity index (χ1) is 8.13. The quantitative estimate of drug-likeness (QED) is 0.779. The predicted octanol–water partition coefficient (Wildman–Crippen LogP) is 1.86. The second kappa shape index (κ2) is 9.59. The van der Waals surface area contributed by atoms with Crippen molar-refractivity contribution >= 4 is 18.3 Å². The van der Waals surface area contributed by atoms with Crippen molar-refractivity contribution in [2.24, 2.45) is 11.7 Å². The zero-order valence-electron chi connectivity index (χ0n) is 11.5. The molecule has 5 heteroatoms. The van der Waals surface area contributed by atoms with Crippen molar-refractivity contribution in [1.82, 2.24) is 5.32 Å². The van der Waals surface area contributed by atoms with E-state index >= 15 is 0 Å². The maximum absolute atomic E-state index is 11.7. The Morgan fingerprint density at radius 3 is 2.67 bits per heavy atom. The smallest absolute Gasteiger partial charge is 0.222 e. The number of carbonyl (C=O) groups excluding carboxylic acids is 1. The lowest BCUT2D eigenvalue weighted by molar-refractivity contribution is -0.123. The third-order valence-electron chi connectivity index (χ3n) is 3.34. The molecule has 0 aromatic heterocycles. The fourth-order valence-electron chi connectivity index (χ4n) is 2.35. The van der Waals surface area contributed by atoms with E-state index in [4.69, 9.17) is 10.5 Å². The van der Waals surface area contributed by atoms with Crippen LogP contribution in [0.25, 0.3) is 0 Å². The van der Waals surface area contributed by atoms with Gasteiger partial charge in [-0.25, -0.2) is 0 Å². The maximum atomic E-state index is 11.7. The van der Waals surface area contributed by atoms with Crippen LogP contribution in [0.15, 0.2) is 0 Å². The monoisotopic (exact) mass is 278 g/mol. The normalized spacial score (nSPS) is 23.6. The van der Waals surface area contributed by atoms with E-state index in [1.807, 2.05) is 13.8 Å². The number of ether oxygens (including phenoxy) is 1. The van der Waals surface area contributed by atoms with Gasteiger partial charge in [-0.05, 0) is 39.2 Å². The van der Waals surface area contributed by atoms with Gasteiger partial charge in [-0.15, -0.1) is 12.4 Å². The van der Waals surface area contributed by atoms with Crippen molar-refractivity contribution in [3.63, 3.8) is 0 Å². The van der Waals surface area contributed by atoms with Gasteiger partial charge in [0.05, 0.1) is 12.7 Å². The Balaban J connectivity index is 0.00000289. The van der Waals surface area contributed by atoms with Crippen molar-refractivity contribution in [1.29, 1.82) is 0 Å². The number of hydrogen-bond acceptors (Lipinski definition) is 3. The summed E-state index contributed by atoms with van der Waals surface area (Å²) in [7, 11) is 0. The van der Waals surface area contributed by atoms with Gasteiger partial charge in [0.2, 0.25) is 5.91 Å². The Kier molecular flexibility index (Phi) is 9.42. The molecule has 1 rings (SSSR count). The Morgan fingerprint density at radius 1 is 1.39 bits per heavy atom. The van der Waals surface area contributed by atoms with E-state index in [2.05, 4.69) is 5.32 Å². The molecular formula is C13H27ClN2O2. The number of hydrogen-bond donors (Lipinski definition) is 2. The van der Waals surface area contributed by atoms with Gasteiger partial charge in [-0.3, -0.25) is 4.79 Å². The summed E-state index contributed by atoms with van der Waals surface area (Å²) < 4.78 is 5.37. The second-order valence-electron chi connectivity index (χ2n) is 5.12. The van der Waals surface area contributed by atoms with E-state index in [9.17, 15) is 4.79 Å². The van der Waals surface area contributed by atoms with Gasteiger partial charge in [0.15, 0.2) is 0 Å². The molecule has 1 amide bonds. The van der Waals surface area contributed by atoms with E-state index in [1.165, 1.54) is 12.8 Å². The van der Waals surface area contributed by atoms with E-state index in [-0.39, 0.29) is 30.5 Å². The Hall–Kier alpha value is -0.320. The van der Waals surface area contributed by atoms with Crippen molar-refractivity contribution in [2.45, 2.75) is 58.1 Å². The molecule has 18 heavy (non-hydrogen) atoms. The average Bonchev–Trinajstić information content (AvgIpc) is 2.29. The Morgan fingerprint density at radius 2 is 2.06 bits per heavy atom. The minimum Gasteiger partial charge on any atom is -0.378 e. The topological polar surface area (TPSA) is 64.3 Å². The summed E-state index contributed by atoms with van der Waals surface area (Å²) in [6, 6.07) is 0.278. The number of rotatable bonds is 6. The maximum Gasteiger partial charge on any atom is 0.222 e. The van der Waals surface area contributed by atoms with Gasteiger partial charge >= 0.3 is 0 Å². The molecule has 0 radical (unpaired) electrons. The molecule has 0 aromatic carbocycles. The van der Waals surface area contributed by atoms with Crippen LogP contribution in [0.1, 0.15) is 46.0 Å². The molecule has 0 heterocycles. The number of halogens is 1. The predicted molar refractivity (Wildman–Crippen MR) is 75.9 cm³/mol. The van der Waals surface area contributed by atoms with Gasteiger partial charge in [0.25, 0.3) is 0 Å². The highest BCUT2D eigenvalue weighted by Crippen LogP contribution is 2.23. The summed E-state index contributed by atoms with van der Waals surface area (Å²) in [4.78, 5) is 11.7. The molecule has 1 aliphatic carbocycles. The van der Waals surface area contributed by atoms with Crippen molar-refractivity contribution in [3.8, 4) is 0 Å². The lowest BCUT2D eigenvalue weighted by Gasteiger charge is -2.31. The zero-order chi connectivity index (χ0) is 12.7. The molecule has 0 spiro atoms. The highest BCUT2D eigenvalue weighted by molar-refractivity contribution is 5.85. The van der Waals surface area contributed by atoms with Crippen LogP contribution >= 0.6 is 12.4 Å². The summed E-state index contributed by atoms with van der Waals surface area (Å²) in [6.07, 6.45) is 5.29. The SMILES string of the molecule is CC(C)OCCC(=O)NC1CCCCC1CN.Cl. The zero-order valence-corrected chi connectivity index (χ0v) is 12.3. The van der Waals surface area contributed by atoms with Crippen LogP contribution in [0, 0.1) is 5.92 Å². The van der Waals surface area contributed by atoms with E-state index in [0.29, 0.717) is 25.5 Å². The molecule has 1 fully saturated rings. The van der Waals surface area contributed by atoms with Gasteiger partial charge in [-0.1, -0.05) is 12.8 Å². The highest BCUT2D eigenvalue weighted by Gasteiger charge is 2.24. The summed E-state index contributed by atoms with van der Waals surface area (Å²) >= 11 is 0. The van der Waals surface area contributed by atoms with Gasteiger partial charge < -0.3 is 15.8 Å². The Labute approximate surface area is 116 Å². The number of carbonyl (C=O) groups is 1. The van der Waals surface area contributed by atoms with E-state index in [1.54, 1.807) is 0 Å². The number of nitrogens with two attached hydrogens (primary N) is 1. The lowest BCUT2D eigenvalue weighted by atomic mass is 9.84. The molecular weight excluding hydrogens is 252 g/mol. The number of nitrogens with one attached hydrogen (secondary N) is 1. The summed E-state index contributed by atoms with van der Waals surface area (Å²) in [5, 5.41) is 3.09. The van der Waals surface area contributed by atoms with Crippen molar-refractivity contribution < 1.29 is 9.53 Å². The van der Waals surface area contributed by atoms with E-state index in [0.717, 1.165) is 12.8 Å². The van der Waals surface area contributed by atoms with Crippen LogP contribution in [-0.2, 0) is 9.53 Å². The molecule has 0 bridgehead atoms. The van der Waals surface area contributed by atoms with Crippen molar-refractivity contribution in [3.05, 3.63) is 0 Å². The summed E-state index contributed by atoms with van der Waals surface area (Å²) in [6.45, 7) is 5.13. The molecule has 0 saturated heterocycles. The fourth-order valence-corrected chi connectivity index (χ4v) is 2.35. The fraction of sp³-hybridized carbons (Fsp3) is 0.923. The van der Waals surface area contributed by atoms with Crippen LogP contribution in [-0.4, -0.2) is 31.2 Å². The minimum atomic E-state index is 0. The summed E-state index contributed by atoms with van der Waals surface area (Å²) in [5.74, 6) is 0.551. The molecule has 3 N–H and O–H groups in total. The second-order valence-corrected chi connectivity index (χ2v) is 5.12. The standard InChI is InChI=1S/C13H26N2O2.ClH/c1-10(2)17-8-7-13(16)15-12-6-4-3-5-11(12)9-14;/h10-12H,3-9,14H2,1-2H3,(H,15,16);1H. The third kappa shape index (κ3) is 6.57. The van der Waals surface area contributed by atoms with Crippen molar-refractivity contribution in [2.75, 3.05) is 13.2 Å². The molecule has 1 saturated carbocycles. The average molecular weight is 279 g/mol. The van der Waals surface area contributed by atoms with Gasteiger partial charge in [0.1, 0.15) is 0 Å².